The fourth-order valence-electron chi connectivity index (χ4n) is 8.21. The van der Waals surface area contributed by atoms with Crippen LogP contribution < -0.4 is 9.96 Å². The lowest BCUT2D eigenvalue weighted by atomic mass is 10.00. The van der Waals surface area contributed by atoms with Crippen molar-refractivity contribution in [3.63, 3.8) is 0 Å². The van der Waals surface area contributed by atoms with Gasteiger partial charge in [-0.25, -0.2) is 0 Å². The Kier molecular flexibility index (Phi) is 12.6. The van der Waals surface area contributed by atoms with Crippen molar-refractivity contribution in [1.29, 1.82) is 0 Å². The number of benzene rings is 2. The molecule has 4 aliphatic rings. The second-order valence-electron chi connectivity index (χ2n) is 16.9. The molecule has 0 spiro atoms. The molecule has 2 aliphatic heterocycles. The number of hydrogen-bond donors (Lipinski definition) is 2. The van der Waals surface area contributed by atoms with E-state index < -0.39 is 17.9 Å². The Morgan fingerprint density at radius 3 is 1.67 bits per heavy atom. The topological polar surface area (TPSA) is 30.5 Å². The Morgan fingerprint density at radius 2 is 1.15 bits per heavy atom. The second kappa shape index (κ2) is 16.3. The summed E-state index contributed by atoms with van der Waals surface area (Å²) >= 11 is 0. The van der Waals surface area contributed by atoms with Gasteiger partial charge in [0, 0.05) is 70.9 Å². The van der Waals surface area contributed by atoms with E-state index in [0.29, 0.717) is 11.1 Å². The van der Waals surface area contributed by atoms with Gasteiger partial charge in [-0.05, 0) is 96.8 Å². The van der Waals surface area contributed by atoms with Crippen molar-refractivity contribution in [2.45, 2.75) is 142 Å². The molecule has 6 rings (SSSR count). The van der Waals surface area contributed by atoms with Gasteiger partial charge in [0.1, 0.15) is 17.9 Å². The van der Waals surface area contributed by atoms with Crippen molar-refractivity contribution in [1.82, 2.24) is 19.8 Å². The number of likely N-dealkylation sites (tertiary alicyclic amines) is 2. The summed E-state index contributed by atoms with van der Waals surface area (Å²) in [4.78, 5) is 13.0. The molecular weight excluding hydrogens is 617 g/mol. The van der Waals surface area contributed by atoms with Crippen LogP contribution in [0.15, 0.2) is 54.6 Å². The minimum absolute atomic E-state index is 0.186. The number of nitrogens with one attached hydrogen (secondary N) is 2. The first kappa shape index (κ1) is 37.1. The molecular formula is C42H66N4Si2. The lowest BCUT2D eigenvalue weighted by Gasteiger charge is -2.28. The third-order valence-electron chi connectivity index (χ3n) is 10.2. The Bertz CT molecular complexity index is 1410. The minimum atomic E-state index is -0.696. The van der Waals surface area contributed by atoms with Crippen LogP contribution in [0.25, 0.3) is 11.4 Å². The second-order valence-corrected chi connectivity index (χ2v) is 21.4. The smallest absolute Gasteiger partial charge is 0.142 e. The molecule has 6 heteroatoms. The van der Waals surface area contributed by atoms with Gasteiger partial charge in [-0.3, -0.25) is 0 Å². The molecule has 4 nitrogen and oxygen atoms in total. The van der Waals surface area contributed by atoms with Crippen LogP contribution in [0, 0.1) is 0 Å². The molecule has 2 aromatic carbocycles. The molecule has 2 heterocycles. The summed E-state index contributed by atoms with van der Waals surface area (Å²) < 4.78 is 0. The summed E-state index contributed by atoms with van der Waals surface area (Å²) in [6.07, 6.45) is 17.1. The lowest BCUT2D eigenvalue weighted by molar-refractivity contribution is 0.493. The maximum Gasteiger partial charge on any atom is 0.142 e. The average molecular weight is 683 g/mol. The van der Waals surface area contributed by atoms with Gasteiger partial charge in [0.15, 0.2) is 0 Å². The van der Waals surface area contributed by atoms with Gasteiger partial charge in [0.25, 0.3) is 0 Å². The van der Waals surface area contributed by atoms with Gasteiger partial charge in [0.2, 0.25) is 0 Å². The van der Waals surface area contributed by atoms with Gasteiger partial charge in [-0.1, -0.05) is 93.9 Å². The highest BCUT2D eigenvalue weighted by atomic mass is 28.3. The predicted molar refractivity (Wildman–Crippen MR) is 213 cm³/mol. The van der Waals surface area contributed by atoms with Crippen LogP contribution in [0.1, 0.15) is 139 Å². The van der Waals surface area contributed by atoms with Crippen molar-refractivity contribution in [2.75, 3.05) is 26.2 Å². The molecule has 2 fully saturated rings. The summed E-state index contributed by atoms with van der Waals surface area (Å²) in [5, 5.41) is 0. The van der Waals surface area contributed by atoms with Crippen molar-refractivity contribution in [3.8, 4) is 0 Å². The molecule has 2 saturated heterocycles. The molecule has 2 N–H and O–H groups in total. The molecule has 2 unspecified atom stereocenters. The first-order chi connectivity index (χ1) is 22.8. The van der Waals surface area contributed by atoms with E-state index in [4.69, 9.17) is 0 Å². The van der Waals surface area contributed by atoms with Gasteiger partial charge in [-0.15, -0.1) is 0 Å². The Balaban J connectivity index is 0.000000194. The normalized spacial score (nSPS) is 20.6. The quantitative estimate of drug-likeness (QED) is 0.183. The minimum Gasteiger partial charge on any atom is -0.371 e. The molecule has 0 aromatic heterocycles. The molecule has 0 saturated carbocycles. The van der Waals surface area contributed by atoms with Crippen molar-refractivity contribution in [3.05, 3.63) is 82.4 Å². The van der Waals surface area contributed by atoms with Crippen molar-refractivity contribution >= 4 is 29.3 Å². The molecule has 2 aliphatic carbocycles. The number of fused-ring (bicyclic) bond motifs is 2. The number of nitrogens with zero attached hydrogens (tertiary/aromatic N) is 2. The third kappa shape index (κ3) is 9.55. The lowest BCUT2D eigenvalue weighted by Crippen LogP contribution is -2.47. The summed E-state index contributed by atoms with van der Waals surface area (Å²) in [7, 11) is -1.35. The Morgan fingerprint density at radius 1 is 0.646 bits per heavy atom. The van der Waals surface area contributed by atoms with Crippen LogP contribution in [-0.4, -0.2) is 65.0 Å². The summed E-state index contributed by atoms with van der Waals surface area (Å²) in [5.74, 6) is 0. The number of hydrogen-bond acceptors (Lipinski definition) is 4. The molecule has 0 amide bonds. The maximum absolute atomic E-state index is 3.93. The molecule has 48 heavy (non-hydrogen) atoms. The van der Waals surface area contributed by atoms with E-state index in [9.17, 15) is 0 Å². The monoisotopic (exact) mass is 682 g/mol. The number of rotatable bonds is 11. The fourth-order valence-corrected chi connectivity index (χ4v) is 13.1. The molecule has 2 radical (unpaired) electrons. The van der Waals surface area contributed by atoms with E-state index in [1.807, 2.05) is 0 Å². The van der Waals surface area contributed by atoms with Gasteiger partial charge in [0.05, 0.1) is 0 Å². The zero-order valence-corrected chi connectivity index (χ0v) is 33.9. The summed E-state index contributed by atoms with van der Waals surface area (Å²) in [6, 6.07) is 16.4. The fraction of sp³-hybridized carbons (Fsp3) is 0.619. The molecule has 2 aromatic rings. The van der Waals surface area contributed by atoms with Crippen molar-refractivity contribution < 1.29 is 0 Å². The zero-order valence-electron chi connectivity index (χ0n) is 31.9. The highest BCUT2D eigenvalue weighted by Crippen LogP contribution is 2.42. The highest BCUT2D eigenvalue weighted by molar-refractivity contribution is 6.58. The standard InChI is InChI=1S/C24H39N2Si.C18H27N2Si/c1-6-7-8-9-12-19-13-14-20-21(17-19)23(27(5)25-24(2,3)4)18-22(20)26-15-10-11-16-26;1-18(2,3)19-21(4)17-13-16(20-11-7-8-12-20)14-9-5-6-10-15(14)17/h13-14,17-18,23,25H,6-12,15-16H2,1-5H3;5-6,9-10,13,17,19H,7-8,11-12H2,1-4H3. The molecule has 2 atom stereocenters. The van der Waals surface area contributed by atoms with Crippen LogP contribution in [0.5, 0.6) is 0 Å². The van der Waals surface area contributed by atoms with E-state index >= 15 is 0 Å². The molecule has 0 bridgehead atoms. The van der Waals surface area contributed by atoms with E-state index in [-0.39, 0.29) is 11.1 Å². The predicted octanol–water partition coefficient (Wildman–Crippen LogP) is 9.66. The van der Waals surface area contributed by atoms with E-state index in [0.717, 1.165) is 0 Å². The van der Waals surface area contributed by atoms with Gasteiger partial charge in [-0.2, -0.15) is 0 Å². The Hall–Kier alpha value is -2.13. The maximum atomic E-state index is 3.93. The first-order valence-corrected chi connectivity index (χ1v) is 23.4. The highest BCUT2D eigenvalue weighted by Gasteiger charge is 2.35. The van der Waals surface area contributed by atoms with Crippen LogP contribution in [0.2, 0.25) is 13.1 Å². The van der Waals surface area contributed by atoms with Gasteiger partial charge < -0.3 is 19.8 Å². The SMILES string of the molecule is CCCCCCc1ccc2c(c1)C([Si](C)NC(C)(C)C)C=C2N1CCCC1.C[Si](NC(C)(C)C)C1C=C(N2CCCC2)c2ccccc21. The Labute approximate surface area is 298 Å². The van der Waals surface area contributed by atoms with Gasteiger partial charge >= 0.3 is 0 Å². The van der Waals surface area contributed by atoms with Crippen LogP contribution in [0.3, 0.4) is 0 Å². The third-order valence-corrected chi connectivity index (χ3v) is 15.3. The summed E-state index contributed by atoms with van der Waals surface area (Å²) in [6.45, 7) is 25.8. The zero-order chi connectivity index (χ0) is 34.5. The van der Waals surface area contributed by atoms with Crippen LogP contribution in [-0.2, 0) is 6.42 Å². The van der Waals surface area contributed by atoms with Crippen LogP contribution >= 0.6 is 0 Å². The van der Waals surface area contributed by atoms with E-state index in [1.54, 1.807) is 5.56 Å². The van der Waals surface area contributed by atoms with E-state index in [2.05, 4.69) is 136 Å². The average Bonchev–Trinajstić information content (AvgIpc) is 3.83. The van der Waals surface area contributed by atoms with Crippen LogP contribution in [0.4, 0.5) is 0 Å². The number of unbranched alkanes of at least 4 members (excludes halogenated alkanes) is 3. The number of allylic oxidation sites excluding steroid dienone is 2. The summed E-state index contributed by atoms with van der Waals surface area (Å²) in [5.41, 5.74) is 12.2. The van der Waals surface area contributed by atoms with Crippen molar-refractivity contribution in [2.24, 2.45) is 0 Å². The van der Waals surface area contributed by atoms with E-state index in [1.165, 1.54) is 118 Å². The largest absolute Gasteiger partial charge is 0.371 e. The molecule has 262 valence electrons. The first-order valence-electron chi connectivity index (χ1n) is 19.2. The number of aryl methyl sites for hydroxylation is 1.